The Bertz CT molecular complexity index is 588. The lowest BCUT2D eigenvalue weighted by Gasteiger charge is -2.12. The fourth-order valence-corrected chi connectivity index (χ4v) is 2.02. The average molecular weight is 268 g/mol. The van der Waals surface area contributed by atoms with Crippen LogP contribution >= 0.6 is 0 Å². The van der Waals surface area contributed by atoms with Gasteiger partial charge in [0.05, 0.1) is 0 Å². The van der Waals surface area contributed by atoms with Gasteiger partial charge in [-0.15, -0.1) is 0 Å². The fourth-order valence-electron chi connectivity index (χ4n) is 2.02. The summed E-state index contributed by atoms with van der Waals surface area (Å²) in [6, 6.07) is 15.7. The monoisotopic (exact) mass is 268 g/mol. The van der Waals surface area contributed by atoms with Gasteiger partial charge in [-0.25, -0.2) is 0 Å². The number of hydrogen-bond donors (Lipinski definition) is 1. The average Bonchev–Trinajstić information content (AvgIpc) is 2.45. The van der Waals surface area contributed by atoms with E-state index in [-0.39, 0.29) is 5.91 Å². The van der Waals surface area contributed by atoms with Gasteiger partial charge in [0.2, 0.25) is 0 Å². The number of aryl methyl sites for hydroxylation is 1. The minimum absolute atomic E-state index is 0.0446. The van der Waals surface area contributed by atoms with Crippen molar-refractivity contribution >= 4 is 11.6 Å². The maximum absolute atomic E-state index is 12.1. The van der Waals surface area contributed by atoms with Gasteiger partial charge in [0.15, 0.2) is 0 Å². The molecule has 0 atom stereocenters. The minimum Gasteiger partial charge on any atom is -0.378 e. The molecule has 20 heavy (non-hydrogen) atoms. The van der Waals surface area contributed by atoms with Gasteiger partial charge < -0.3 is 10.2 Å². The van der Waals surface area contributed by atoms with Gasteiger partial charge in [-0.2, -0.15) is 0 Å². The lowest BCUT2D eigenvalue weighted by Crippen LogP contribution is -2.22. The van der Waals surface area contributed by atoms with Crippen LogP contribution in [0.15, 0.2) is 48.5 Å². The van der Waals surface area contributed by atoms with E-state index < -0.39 is 0 Å². The molecule has 2 aromatic rings. The summed E-state index contributed by atoms with van der Waals surface area (Å²) >= 11 is 0. The predicted octanol–water partition coefficient (Wildman–Crippen LogP) is 2.99. The molecular formula is C17H20N2O. The van der Waals surface area contributed by atoms with Gasteiger partial charge in [-0.05, 0) is 36.8 Å². The number of hydrogen-bond acceptors (Lipinski definition) is 2. The number of nitrogens with zero attached hydrogens (tertiary/aromatic N) is 1. The highest BCUT2D eigenvalue weighted by molar-refractivity contribution is 5.94. The van der Waals surface area contributed by atoms with Gasteiger partial charge in [0.1, 0.15) is 0 Å². The van der Waals surface area contributed by atoms with Crippen molar-refractivity contribution in [1.82, 2.24) is 5.32 Å². The molecule has 2 aromatic carbocycles. The third-order valence-electron chi connectivity index (χ3n) is 3.18. The Hall–Kier alpha value is -2.29. The van der Waals surface area contributed by atoms with Crippen LogP contribution in [0.2, 0.25) is 0 Å². The maximum atomic E-state index is 12.1. The van der Waals surface area contributed by atoms with Crippen molar-refractivity contribution in [3.05, 3.63) is 65.2 Å². The Kier molecular flexibility index (Phi) is 4.41. The normalized spacial score (nSPS) is 10.2. The van der Waals surface area contributed by atoms with Gasteiger partial charge in [0.25, 0.3) is 5.91 Å². The van der Waals surface area contributed by atoms with Gasteiger partial charge in [-0.1, -0.05) is 29.8 Å². The van der Waals surface area contributed by atoms with Crippen LogP contribution in [0.5, 0.6) is 0 Å². The molecule has 0 heterocycles. The zero-order valence-corrected chi connectivity index (χ0v) is 12.2. The molecule has 0 aliphatic rings. The van der Waals surface area contributed by atoms with E-state index in [1.807, 2.05) is 68.4 Å². The van der Waals surface area contributed by atoms with E-state index in [1.54, 1.807) is 0 Å². The number of amides is 1. The van der Waals surface area contributed by atoms with Gasteiger partial charge in [-0.3, -0.25) is 4.79 Å². The lowest BCUT2D eigenvalue weighted by molar-refractivity contribution is 0.0951. The first kappa shape index (κ1) is 14.1. The van der Waals surface area contributed by atoms with Crippen LogP contribution in [0.25, 0.3) is 0 Å². The SMILES string of the molecule is Cc1cccc(CNC(=O)c2ccc(N(C)C)cc2)c1. The number of carbonyl (C=O) groups excluding carboxylic acids is 1. The standard InChI is InChI=1S/C17H20N2O/c1-13-5-4-6-14(11-13)12-18-17(20)15-7-9-16(10-8-15)19(2)3/h4-11H,12H2,1-3H3,(H,18,20). The number of rotatable bonds is 4. The largest absolute Gasteiger partial charge is 0.378 e. The number of carbonyl (C=O) groups is 1. The van der Waals surface area contributed by atoms with E-state index in [9.17, 15) is 4.79 Å². The van der Waals surface area contributed by atoms with E-state index in [4.69, 9.17) is 0 Å². The smallest absolute Gasteiger partial charge is 0.251 e. The van der Waals surface area contributed by atoms with Crippen LogP contribution in [0, 0.1) is 6.92 Å². The van der Waals surface area contributed by atoms with Crippen molar-refractivity contribution in [2.45, 2.75) is 13.5 Å². The molecule has 0 saturated carbocycles. The van der Waals surface area contributed by atoms with Crippen LogP contribution in [0.3, 0.4) is 0 Å². The molecule has 104 valence electrons. The number of benzene rings is 2. The van der Waals surface area contributed by atoms with E-state index in [1.165, 1.54) is 5.56 Å². The number of anilines is 1. The summed E-state index contributed by atoms with van der Waals surface area (Å²) in [4.78, 5) is 14.1. The summed E-state index contributed by atoms with van der Waals surface area (Å²) < 4.78 is 0. The van der Waals surface area contributed by atoms with Crippen molar-refractivity contribution in [3.8, 4) is 0 Å². The quantitative estimate of drug-likeness (QED) is 0.924. The third-order valence-corrected chi connectivity index (χ3v) is 3.18. The molecule has 0 aliphatic carbocycles. The van der Waals surface area contributed by atoms with Crippen molar-refractivity contribution in [3.63, 3.8) is 0 Å². The van der Waals surface area contributed by atoms with E-state index in [0.29, 0.717) is 12.1 Å². The molecule has 0 bridgehead atoms. The van der Waals surface area contributed by atoms with Crippen molar-refractivity contribution in [1.29, 1.82) is 0 Å². The van der Waals surface area contributed by atoms with E-state index in [0.717, 1.165) is 11.3 Å². The highest BCUT2D eigenvalue weighted by Gasteiger charge is 2.05. The van der Waals surface area contributed by atoms with Crippen molar-refractivity contribution in [2.75, 3.05) is 19.0 Å². The molecule has 2 rings (SSSR count). The Morgan fingerprint density at radius 2 is 1.80 bits per heavy atom. The molecule has 1 N–H and O–H groups in total. The summed E-state index contributed by atoms with van der Waals surface area (Å²) in [6.45, 7) is 2.60. The highest BCUT2D eigenvalue weighted by atomic mass is 16.1. The summed E-state index contributed by atoms with van der Waals surface area (Å²) in [6.07, 6.45) is 0. The first-order chi connectivity index (χ1) is 9.56. The molecule has 0 aromatic heterocycles. The molecule has 0 aliphatic heterocycles. The first-order valence-corrected chi connectivity index (χ1v) is 6.67. The Labute approximate surface area is 120 Å². The minimum atomic E-state index is -0.0446. The fraction of sp³-hybridized carbons (Fsp3) is 0.235. The van der Waals surface area contributed by atoms with E-state index in [2.05, 4.69) is 11.4 Å². The Morgan fingerprint density at radius 1 is 1.10 bits per heavy atom. The maximum Gasteiger partial charge on any atom is 0.251 e. The van der Waals surface area contributed by atoms with Crippen molar-refractivity contribution < 1.29 is 4.79 Å². The van der Waals surface area contributed by atoms with Crippen LogP contribution < -0.4 is 10.2 Å². The topological polar surface area (TPSA) is 32.3 Å². The molecule has 3 nitrogen and oxygen atoms in total. The molecule has 0 fully saturated rings. The predicted molar refractivity (Wildman–Crippen MR) is 83.1 cm³/mol. The second kappa shape index (κ2) is 6.24. The zero-order chi connectivity index (χ0) is 14.5. The molecule has 0 saturated heterocycles. The number of nitrogens with one attached hydrogen (secondary N) is 1. The van der Waals surface area contributed by atoms with Gasteiger partial charge >= 0.3 is 0 Å². The molecule has 0 unspecified atom stereocenters. The molecular weight excluding hydrogens is 248 g/mol. The zero-order valence-electron chi connectivity index (χ0n) is 12.2. The Balaban J connectivity index is 1.98. The van der Waals surface area contributed by atoms with Crippen LogP contribution in [0.1, 0.15) is 21.5 Å². The summed E-state index contributed by atoms with van der Waals surface area (Å²) in [7, 11) is 3.96. The summed E-state index contributed by atoms with van der Waals surface area (Å²) in [5, 5.41) is 2.94. The second-order valence-electron chi connectivity index (χ2n) is 5.11. The Morgan fingerprint density at radius 3 is 2.40 bits per heavy atom. The summed E-state index contributed by atoms with van der Waals surface area (Å²) in [5.74, 6) is -0.0446. The van der Waals surface area contributed by atoms with Crippen LogP contribution in [0.4, 0.5) is 5.69 Å². The van der Waals surface area contributed by atoms with Gasteiger partial charge in [0, 0.05) is 31.9 Å². The molecule has 0 radical (unpaired) electrons. The van der Waals surface area contributed by atoms with Crippen LogP contribution in [-0.4, -0.2) is 20.0 Å². The third kappa shape index (κ3) is 3.60. The van der Waals surface area contributed by atoms with E-state index >= 15 is 0 Å². The molecule has 1 amide bonds. The second-order valence-corrected chi connectivity index (χ2v) is 5.11. The highest BCUT2D eigenvalue weighted by Crippen LogP contribution is 2.12. The molecule has 3 heteroatoms. The first-order valence-electron chi connectivity index (χ1n) is 6.67. The van der Waals surface area contributed by atoms with Crippen LogP contribution in [-0.2, 0) is 6.54 Å². The lowest BCUT2D eigenvalue weighted by atomic mass is 10.1. The molecule has 0 spiro atoms. The summed E-state index contributed by atoms with van der Waals surface area (Å²) in [5.41, 5.74) is 4.08. The van der Waals surface area contributed by atoms with Crippen molar-refractivity contribution in [2.24, 2.45) is 0 Å².